The first-order chi connectivity index (χ1) is 20.6. The van der Waals surface area contributed by atoms with Crippen molar-refractivity contribution in [3.8, 4) is 11.5 Å². The third-order valence-electron chi connectivity index (χ3n) is 10.7. The van der Waals surface area contributed by atoms with Crippen LogP contribution in [0.2, 0.25) is 0 Å². The molecule has 7 rings (SSSR count). The molecule has 2 aromatic carbocycles. The van der Waals surface area contributed by atoms with Crippen molar-refractivity contribution >= 4 is 29.2 Å². The first-order valence-corrected chi connectivity index (χ1v) is 15.3. The van der Waals surface area contributed by atoms with Gasteiger partial charge in [0, 0.05) is 23.3 Å². The van der Waals surface area contributed by atoms with Crippen LogP contribution in [-0.2, 0) is 14.9 Å². The minimum atomic E-state index is -1.39. The van der Waals surface area contributed by atoms with Gasteiger partial charge < -0.3 is 25.4 Å². The van der Waals surface area contributed by atoms with Crippen LogP contribution < -0.4 is 5.32 Å². The van der Waals surface area contributed by atoms with Gasteiger partial charge in [-0.1, -0.05) is 45.9 Å². The van der Waals surface area contributed by atoms with Gasteiger partial charge in [-0.25, -0.2) is 9.79 Å². The molecule has 9 nitrogen and oxygen atoms in total. The maximum Gasteiger partial charge on any atom is 0.339 e. The topological polar surface area (TPSA) is 146 Å². The minimum Gasteiger partial charge on any atom is -0.506 e. The number of anilines is 1. The lowest BCUT2D eigenvalue weighted by Crippen LogP contribution is -2.56. The molecule has 2 aliphatic heterocycles. The lowest BCUT2D eigenvalue weighted by molar-refractivity contribution is -0.145. The summed E-state index contributed by atoms with van der Waals surface area (Å²) < 4.78 is 6.65. The number of carboxylic acids is 1. The Bertz CT molecular complexity index is 1620. The van der Waals surface area contributed by atoms with E-state index >= 15 is 0 Å². The number of carbonyl (C=O) groups excluding carboxylic acids is 2. The highest BCUT2D eigenvalue weighted by Crippen LogP contribution is 2.71. The van der Waals surface area contributed by atoms with Gasteiger partial charge in [-0.3, -0.25) is 9.59 Å². The Balaban J connectivity index is 1.31. The van der Waals surface area contributed by atoms with Crippen LogP contribution in [-0.4, -0.2) is 50.5 Å². The normalized spacial score (nSPS) is 32.6. The highest BCUT2D eigenvalue weighted by Gasteiger charge is 2.71. The number of aromatic carboxylic acids is 1. The van der Waals surface area contributed by atoms with Crippen LogP contribution in [0, 0.1) is 22.7 Å². The lowest BCUT2D eigenvalue weighted by Gasteiger charge is -2.56. The second-order valence-electron chi connectivity index (χ2n) is 14.6. The van der Waals surface area contributed by atoms with Gasteiger partial charge in [-0.15, -0.1) is 0 Å². The van der Waals surface area contributed by atoms with Crippen molar-refractivity contribution in [3.05, 3.63) is 65.2 Å². The molecule has 2 saturated carbocycles. The molecular weight excluding hydrogens is 560 g/mol. The Kier molecular flexibility index (Phi) is 6.85. The number of ether oxygens (including phenoxy) is 1. The summed E-state index contributed by atoms with van der Waals surface area (Å²) in [6, 6.07) is 9.70. The lowest BCUT2D eigenvalue weighted by atomic mass is 9.51. The Morgan fingerprint density at radius 2 is 1.77 bits per heavy atom. The quantitative estimate of drug-likeness (QED) is 0.287. The van der Waals surface area contributed by atoms with Crippen molar-refractivity contribution in [2.45, 2.75) is 83.8 Å². The monoisotopic (exact) mass is 600 g/mol. The summed E-state index contributed by atoms with van der Waals surface area (Å²) >= 11 is 0. The summed E-state index contributed by atoms with van der Waals surface area (Å²) in [5.74, 6) is -2.93. The molecule has 232 valence electrons. The Labute approximate surface area is 257 Å². The van der Waals surface area contributed by atoms with E-state index in [0.717, 1.165) is 37.0 Å². The number of carbonyl (C=O) groups is 3. The average Bonchev–Trinajstić information content (AvgIpc) is 3.31. The van der Waals surface area contributed by atoms with E-state index in [9.17, 15) is 29.7 Å². The van der Waals surface area contributed by atoms with Gasteiger partial charge in [0.05, 0.1) is 17.4 Å². The molecule has 0 radical (unpaired) electrons. The van der Waals surface area contributed by atoms with Gasteiger partial charge in [-0.05, 0) is 85.3 Å². The molecule has 4 fully saturated rings. The van der Waals surface area contributed by atoms with Crippen molar-refractivity contribution < 1.29 is 34.4 Å². The number of rotatable bonds is 6. The number of nitrogens with zero attached hydrogens (tertiary/aromatic N) is 1. The van der Waals surface area contributed by atoms with Crippen LogP contribution in [0.3, 0.4) is 0 Å². The van der Waals surface area contributed by atoms with Gasteiger partial charge in [0.25, 0.3) is 5.91 Å². The number of aliphatic imine (C=N–C) groups is 1. The number of phenolic OH excluding ortho intramolecular Hbond substituents is 1. The van der Waals surface area contributed by atoms with Gasteiger partial charge in [0.1, 0.15) is 17.0 Å². The second kappa shape index (κ2) is 10.0. The van der Waals surface area contributed by atoms with Crippen LogP contribution in [0.25, 0.3) is 0 Å². The largest absolute Gasteiger partial charge is 0.506 e. The van der Waals surface area contributed by atoms with Crippen molar-refractivity contribution in [3.63, 3.8) is 0 Å². The molecule has 0 aromatic heterocycles. The predicted octanol–water partition coefficient (Wildman–Crippen LogP) is 6.24. The number of nitrogens with one attached hydrogen (secondary N) is 1. The van der Waals surface area contributed by atoms with Crippen molar-refractivity contribution in [2.75, 3.05) is 5.32 Å². The molecule has 4 bridgehead atoms. The van der Waals surface area contributed by atoms with E-state index in [2.05, 4.69) is 51.0 Å². The van der Waals surface area contributed by atoms with Crippen molar-refractivity contribution in [2.24, 2.45) is 27.7 Å². The van der Waals surface area contributed by atoms with E-state index in [1.54, 1.807) is 12.1 Å². The van der Waals surface area contributed by atoms with Crippen LogP contribution in [0.5, 0.6) is 11.5 Å². The van der Waals surface area contributed by atoms with Gasteiger partial charge in [0.15, 0.2) is 5.75 Å². The number of allylic oxidation sites excluding steroid dienone is 2. The molecule has 2 saturated heterocycles. The number of benzene rings is 2. The molecule has 5 aliphatic rings. The number of amides is 2. The Morgan fingerprint density at radius 3 is 2.41 bits per heavy atom. The maximum atomic E-state index is 13.5. The summed E-state index contributed by atoms with van der Waals surface area (Å²) in [5, 5.41) is 32.5. The molecule has 3 aliphatic carbocycles. The maximum absolute atomic E-state index is 13.5. The summed E-state index contributed by atoms with van der Waals surface area (Å²) in [4.78, 5) is 42.9. The zero-order chi connectivity index (χ0) is 31.8. The molecule has 2 heterocycles. The molecule has 0 unspecified atom stereocenters. The zero-order valence-electron chi connectivity index (χ0n) is 25.8. The van der Waals surface area contributed by atoms with Crippen molar-refractivity contribution in [1.82, 2.24) is 0 Å². The molecule has 9 heteroatoms. The highest BCUT2D eigenvalue weighted by atomic mass is 16.5. The second-order valence-corrected chi connectivity index (χ2v) is 14.6. The van der Waals surface area contributed by atoms with Crippen LogP contribution in [0.1, 0.15) is 93.0 Å². The molecule has 1 spiro atoms. The fourth-order valence-corrected chi connectivity index (χ4v) is 8.56. The van der Waals surface area contributed by atoms with E-state index in [1.807, 2.05) is 18.2 Å². The van der Waals surface area contributed by atoms with E-state index in [-0.39, 0.29) is 46.5 Å². The number of hydrogen-bond donors (Lipinski definition) is 4. The fourth-order valence-electron chi connectivity index (χ4n) is 8.56. The summed E-state index contributed by atoms with van der Waals surface area (Å²) in [6.07, 6.45) is 7.27. The van der Waals surface area contributed by atoms with E-state index in [0.29, 0.717) is 23.6 Å². The molecule has 6 atom stereocenters. The number of hydrogen-bond acceptors (Lipinski definition) is 6. The third kappa shape index (κ3) is 4.72. The van der Waals surface area contributed by atoms with Crippen LogP contribution >= 0.6 is 0 Å². The summed E-state index contributed by atoms with van der Waals surface area (Å²) in [6.45, 7) is 10.6. The van der Waals surface area contributed by atoms with E-state index < -0.39 is 34.4 Å². The Hall–Kier alpha value is -3.98. The summed E-state index contributed by atoms with van der Waals surface area (Å²) in [5.41, 5.74) is 0.392. The highest BCUT2D eigenvalue weighted by molar-refractivity contribution is 6.11. The molecule has 2 aromatic rings. The molecule has 2 amide bonds. The number of aromatic hydroxyl groups is 2. The Morgan fingerprint density at radius 1 is 1.07 bits per heavy atom. The molecule has 44 heavy (non-hydrogen) atoms. The first-order valence-electron chi connectivity index (χ1n) is 15.3. The van der Waals surface area contributed by atoms with Crippen molar-refractivity contribution in [1.29, 1.82) is 0 Å². The zero-order valence-corrected chi connectivity index (χ0v) is 25.8. The standard InChI is InChI=1S/C35H40N2O7/c1-32(2,3)20-8-6-19(7-9-20)30(41)36-25-12-15-35-17-21-16-24(44-34(21,5)18-35)29(35)33(25,4)14-13-26(39)37-27-23(38)11-10-22(28(27)40)31(42)43/h6-12,15,21,24,29,38,40H,13-14,16-18H2,1-5H3,(H,37,39)(H,42,43)/t21-,24+,29+,33-,34+,35+/m1/s1. The third-order valence-corrected chi connectivity index (χ3v) is 10.7. The molecular formula is C35H40N2O7. The SMILES string of the molecule is CC(C)(C)c1ccc(C(=O)N=C2C=C[C@]34C[C@H]5C[C@H](O[C@@]5(C)C3)[C@H]4[C@]2(C)CCC(=O)Nc2c(O)ccc(C(=O)O)c2O)cc1. The number of carboxylic acid groups (broad SMARTS) is 1. The minimum absolute atomic E-state index is 0.00610. The van der Waals surface area contributed by atoms with Crippen LogP contribution in [0.15, 0.2) is 53.5 Å². The fraction of sp³-hybridized carbons (Fsp3) is 0.486. The van der Waals surface area contributed by atoms with Gasteiger partial charge in [0.2, 0.25) is 5.91 Å². The van der Waals surface area contributed by atoms with Gasteiger partial charge in [-0.2, -0.15) is 0 Å². The van der Waals surface area contributed by atoms with E-state index in [1.165, 1.54) is 0 Å². The van der Waals surface area contributed by atoms with E-state index in [4.69, 9.17) is 4.74 Å². The summed E-state index contributed by atoms with van der Waals surface area (Å²) in [7, 11) is 0. The molecule has 4 N–H and O–H groups in total. The average molecular weight is 601 g/mol. The van der Waals surface area contributed by atoms with Gasteiger partial charge >= 0.3 is 5.97 Å². The smallest absolute Gasteiger partial charge is 0.339 e. The number of phenols is 2. The van der Waals surface area contributed by atoms with Crippen LogP contribution in [0.4, 0.5) is 5.69 Å². The predicted molar refractivity (Wildman–Crippen MR) is 165 cm³/mol. The first kappa shape index (κ1) is 30.1.